The van der Waals surface area contributed by atoms with E-state index in [1.54, 1.807) is 23.5 Å². The number of hydrogen-bond donors (Lipinski definition) is 0. The van der Waals surface area contributed by atoms with Crippen LogP contribution in [-0.4, -0.2) is 21.8 Å². The van der Waals surface area contributed by atoms with E-state index in [2.05, 4.69) is 4.98 Å². The summed E-state index contributed by atoms with van der Waals surface area (Å²) < 4.78 is 0. The summed E-state index contributed by atoms with van der Waals surface area (Å²) in [7, 11) is 0. The van der Waals surface area contributed by atoms with Crippen LogP contribution in [-0.2, 0) is 0 Å². The second-order valence-electron chi connectivity index (χ2n) is 2.73. The molecular weight excluding hydrogens is 190 g/mol. The van der Waals surface area contributed by atoms with Gasteiger partial charge < -0.3 is 0 Å². The molecule has 0 aliphatic carbocycles. The number of nitrogens with zero attached hydrogens (tertiary/aromatic N) is 1. The lowest BCUT2D eigenvalue weighted by atomic mass is 10.2. The molecular formula is C8H9NOS2. The second-order valence-corrected chi connectivity index (χ2v) is 4.93. The third-order valence-corrected chi connectivity index (χ3v) is 4.06. The number of carbonyl (C=O) groups excluding carboxylic acids is 1. The molecule has 1 fully saturated rings. The molecule has 1 aliphatic heterocycles. The number of carbonyl (C=O) groups is 1. The standard InChI is InChI=1S/C8H9NOS2/c10-8(6-2-1-3-11-6)7-4-9-5-12-7/h4-6H,1-3H2. The fraction of sp³-hybridized carbons (Fsp3) is 0.500. The maximum Gasteiger partial charge on any atom is 0.187 e. The van der Waals surface area contributed by atoms with Crippen LogP contribution in [0.2, 0.25) is 0 Å². The highest BCUT2D eigenvalue weighted by Crippen LogP contribution is 2.29. The first-order chi connectivity index (χ1) is 5.88. The number of hydrogen-bond acceptors (Lipinski definition) is 4. The van der Waals surface area contributed by atoms with Gasteiger partial charge in [-0.15, -0.1) is 11.3 Å². The van der Waals surface area contributed by atoms with Crippen molar-refractivity contribution in [1.82, 2.24) is 4.98 Å². The number of Topliss-reactive ketones (excluding diaryl/α,β-unsaturated/α-hetero) is 1. The molecule has 0 bridgehead atoms. The summed E-state index contributed by atoms with van der Waals surface area (Å²) in [5, 5.41) is 0.213. The maximum atomic E-state index is 11.7. The van der Waals surface area contributed by atoms with Crippen LogP contribution < -0.4 is 0 Å². The zero-order valence-corrected chi connectivity index (χ0v) is 8.16. The van der Waals surface area contributed by atoms with Gasteiger partial charge in [0.25, 0.3) is 0 Å². The number of aromatic nitrogens is 1. The minimum absolute atomic E-state index is 0.213. The number of ketones is 1. The molecule has 0 saturated carbocycles. The molecule has 0 aromatic carbocycles. The summed E-state index contributed by atoms with van der Waals surface area (Å²) in [5.41, 5.74) is 1.72. The molecule has 1 atom stereocenters. The van der Waals surface area contributed by atoms with E-state index in [9.17, 15) is 4.79 Å². The number of thiazole rings is 1. The molecule has 4 heteroatoms. The summed E-state index contributed by atoms with van der Waals surface area (Å²) in [5.74, 6) is 1.41. The van der Waals surface area contributed by atoms with Gasteiger partial charge in [0.05, 0.1) is 15.6 Å². The molecule has 1 aromatic heterocycles. The van der Waals surface area contributed by atoms with Gasteiger partial charge in [-0.05, 0) is 18.6 Å². The molecule has 0 radical (unpaired) electrons. The predicted octanol–water partition coefficient (Wildman–Crippen LogP) is 2.22. The minimum Gasteiger partial charge on any atom is -0.292 e. The Morgan fingerprint density at radius 1 is 1.67 bits per heavy atom. The Bertz CT molecular complexity index is 265. The van der Waals surface area contributed by atoms with E-state index in [-0.39, 0.29) is 11.0 Å². The van der Waals surface area contributed by atoms with Gasteiger partial charge in [-0.1, -0.05) is 0 Å². The van der Waals surface area contributed by atoms with E-state index in [1.807, 2.05) is 0 Å². The topological polar surface area (TPSA) is 30.0 Å². The number of thioether (sulfide) groups is 1. The first kappa shape index (κ1) is 8.26. The van der Waals surface area contributed by atoms with Crippen LogP contribution in [0, 0.1) is 0 Å². The molecule has 2 nitrogen and oxygen atoms in total. The molecule has 0 amide bonds. The van der Waals surface area contributed by atoms with Gasteiger partial charge in [-0.3, -0.25) is 9.78 Å². The monoisotopic (exact) mass is 199 g/mol. The second kappa shape index (κ2) is 3.58. The van der Waals surface area contributed by atoms with Crippen molar-refractivity contribution in [3.63, 3.8) is 0 Å². The van der Waals surface area contributed by atoms with Crippen LogP contribution in [0.15, 0.2) is 11.7 Å². The van der Waals surface area contributed by atoms with Crippen molar-refractivity contribution in [3.05, 3.63) is 16.6 Å². The average Bonchev–Trinajstić information content (AvgIpc) is 2.77. The first-order valence-electron chi connectivity index (χ1n) is 3.92. The molecule has 2 heterocycles. The van der Waals surface area contributed by atoms with E-state index in [4.69, 9.17) is 0 Å². The minimum atomic E-state index is 0.213. The highest BCUT2D eigenvalue weighted by atomic mass is 32.2. The van der Waals surface area contributed by atoms with Crippen molar-refractivity contribution in [1.29, 1.82) is 0 Å². The van der Waals surface area contributed by atoms with E-state index in [0.29, 0.717) is 0 Å². The third-order valence-electron chi connectivity index (χ3n) is 1.90. The van der Waals surface area contributed by atoms with Gasteiger partial charge >= 0.3 is 0 Å². The zero-order valence-electron chi connectivity index (χ0n) is 6.53. The Hall–Kier alpha value is -0.350. The summed E-state index contributed by atoms with van der Waals surface area (Å²) in [6.45, 7) is 0. The Labute approximate surface area is 79.4 Å². The van der Waals surface area contributed by atoms with Crippen LogP contribution >= 0.6 is 23.1 Å². The largest absolute Gasteiger partial charge is 0.292 e. The molecule has 12 heavy (non-hydrogen) atoms. The maximum absolute atomic E-state index is 11.7. The molecule has 1 unspecified atom stereocenters. The fourth-order valence-electron chi connectivity index (χ4n) is 1.28. The molecule has 64 valence electrons. The Kier molecular flexibility index (Phi) is 2.46. The van der Waals surface area contributed by atoms with Crippen LogP contribution in [0.5, 0.6) is 0 Å². The molecule has 1 aromatic rings. The zero-order chi connectivity index (χ0) is 8.39. The van der Waals surface area contributed by atoms with E-state index in [1.165, 1.54) is 17.8 Å². The Morgan fingerprint density at radius 3 is 3.17 bits per heavy atom. The van der Waals surface area contributed by atoms with Gasteiger partial charge in [0, 0.05) is 6.20 Å². The van der Waals surface area contributed by atoms with Crippen molar-refractivity contribution >= 4 is 28.9 Å². The summed E-state index contributed by atoms with van der Waals surface area (Å²) in [6.07, 6.45) is 3.90. The predicted molar refractivity (Wildman–Crippen MR) is 51.9 cm³/mol. The summed E-state index contributed by atoms with van der Waals surface area (Å²) in [6, 6.07) is 0. The molecule has 2 rings (SSSR count). The fourth-order valence-corrected chi connectivity index (χ4v) is 3.20. The summed E-state index contributed by atoms with van der Waals surface area (Å²) >= 11 is 3.22. The normalized spacial score (nSPS) is 22.8. The molecule has 0 spiro atoms. The van der Waals surface area contributed by atoms with E-state index < -0.39 is 0 Å². The van der Waals surface area contributed by atoms with Crippen LogP contribution in [0.4, 0.5) is 0 Å². The van der Waals surface area contributed by atoms with E-state index >= 15 is 0 Å². The first-order valence-corrected chi connectivity index (χ1v) is 5.85. The molecule has 1 aliphatic rings. The van der Waals surface area contributed by atoms with Crippen molar-refractivity contribution < 1.29 is 4.79 Å². The number of rotatable bonds is 2. The Morgan fingerprint density at radius 2 is 2.58 bits per heavy atom. The van der Waals surface area contributed by atoms with Gasteiger partial charge in [0.1, 0.15) is 0 Å². The Balaban J connectivity index is 2.09. The van der Waals surface area contributed by atoms with Gasteiger partial charge in [-0.2, -0.15) is 11.8 Å². The highest BCUT2D eigenvalue weighted by Gasteiger charge is 2.25. The van der Waals surface area contributed by atoms with Crippen LogP contribution in [0.25, 0.3) is 0 Å². The quantitative estimate of drug-likeness (QED) is 0.684. The van der Waals surface area contributed by atoms with Crippen molar-refractivity contribution in [2.75, 3.05) is 5.75 Å². The average molecular weight is 199 g/mol. The lowest BCUT2D eigenvalue weighted by Gasteiger charge is -2.02. The van der Waals surface area contributed by atoms with Gasteiger partial charge in [-0.25, -0.2) is 0 Å². The molecule has 0 N–H and O–H groups in total. The third kappa shape index (κ3) is 1.54. The lowest BCUT2D eigenvalue weighted by Crippen LogP contribution is -2.12. The smallest absolute Gasteiger partial charge is 0.187 e. The van der Waals surface area contributed by atoms with Gasteiger partial charge in [0.15, 0.2) is 5.78 Å². The van der Waals surface area contributed by atoms with Crippen molar-refractivity contribution in [2.24, 2.45) is 0 Å². The SMILES string of the molecule is O=C(c1cncs1)C1CCCS1. The molecule has 1 saturated heterocycles. The lowest BCUT2D eigenvalue weighted by molar-refractivity contribution is 0.0992. The van der Waals surface area contributed by atoms with Crippen molar-refractivity contribution in [2.45, 2.75) is 18.1 Å². The van der Waals surface area contributed by atoms with Crippen LogP contribution in [0.3, 0.4) is 0 Å². The highest BCUT2D eigenvalue weighted by molar-refractivity contribution is 8.00. The van der Waals surface area contributed by atoms with Gasteiger partial charge in [0.2, 0.25) is 0 Å². The van der Waals surface area contributed by atoms with Crippen molar-refractivity contribution in [3.8, 4) is 0 Å². The summed E-state index contributed by atoms with van der Waals surface area (Å²) in [4.78, 5) is 16.4. The van der Waals surface area contributed by atoms with E-state index in [0.717, 1.165) is 17.1 Å². The van der Waals surface area contributed by atoms with Crippen LogP contribution in [0.1, 0.15) is 22.5 Å².